The number of esters is 1. The molecule has 2 aliphatic heterocycles. The molecule has 0 unspecified atom stereocenters. The number of benzene rings is 1. The maximum atomic E-state index is 13.5. The molecule has 0 radical (unpaired) electrons. The summed E-state index contributed by atoms with van der Waals surface area (Å²) in [6.45, 7) is 4.19. The Labute approximate surface area is 249 Å². The van der Waals surface area contributed by atoms with E-state index in [0.29, 0.717) is 42.1 Å². The van der Waals surface area contributed by atoms with Crippen LogP contribution in [0, 0.1) is 0 Å². The maximum Gasteiger partial charge on any atom is 0.348 e. The quantitative estimate of drug-likeness (QED) is 0.255. The highest BCUT2D eigenvalue weighted by molar-refractivity contribution is 7.12. The zero-order valence-electron chi connectivity index (χ0n) is 22.6. The van der Waals surface area contributed by atoms with Crippen LogP contribution in [0.15, 0.2) is 59.1 Å². The van der Waals surface area contributed by atoms with Gasteiger partial charge in [-0.2, -0.15) is 0 Å². The van der Waals surface area contributed by atoms with Crippen molar-refractivity contribution in [1.82, 2.24) is 34.4 Å². The Kier molecular flexibility index (Phi) is 7.28. The number of halogens is 1. The summed E-state index contributed by atoms with van der Waals surface area (Å²) in [6.07, 6.45) is 4.91. The summed E-state index contributed by atoms with van der Waals surface area (Å²) in [7, 11) is 0. The number of ether oxygens (including phenoxy) is 2. The lowest BCUT2D eigenvalue weighted by atomic mass is 10.0. The monoisotopic (exact) mass is 605 g/mol. The van der Waals surface area contributed by atoms with Crippen LogP contribution in [-0.4, -0.2) is 79.9 Å². The summed E-state index contributed by atoms with van der Waals surface area (Å²) >= 11 is 7.66. The minimum Gasteiger partial charge on any atom is -0.460 e. The number of imidazole rings is 1. The van der Waals surface area contributed by atoms with Crippen molar-refractivity contribution in [3.8, 4) is 28.1 Å². The van der Waals surface area contributed by atoms with Gasteiger partial charge in [0.1, 0.15) is 23.6 Å². The van der Waals surface area contributed by atoms with Crippen molar-refractivity contribution in [3.05, 3.63) is 86.1 Å². The molecular formula is C29H28ClN7O4S. The zero-order valence-corrected chi connectivity index (χ0v) is 24.2. The van der Waals surface area contributed by atoms with E-state index in [1.807, 2.05) is 40.3 Å². The van der Waals surface area contributed by atoms with Gasteiger partial charge in [-0.05, 0) is 48.7 Å². The lowest BCUT2D eigenvalue weighted by Gasteiger charge is -2.26. The first-order valence-corrected chi connectivity index (χ1v) is 15.0. The van der Waals surface area contributed by atoms with Crippen LogP contribution in [-0.2, 0) is 15.9 Å². The van der Waals surface area contributed by atoms with Gasteiger partial charge in [0.15, 0.2) is 0 Å². The summed E-state index contributed by atoms with van der Waals surface area (Å²) in [5, 5.41) is 9.29. The second-order valence-corrected chi connectivity index (χ2v) is 11.7. The number of nitrogens with one attached hydrogen (secondary N) is 2. The molecule has 1 atom stereocenters. The number of morpholine rings is 1. The Morgan fingerprint density at radius 1 is 1.17 bits per heavy atom. The average molecular weight is 606 g/mol. The van der Waals surface area contributed by atoms with Crippen LogP contribution in [0.4, 0.5) is 0 Å². The lowest BCUT2D eigenvalue weighted by Crippen LogP contribution is -2.38. The van der Waals surface area contributed by atoms with Crippen LogP contribution in [0.25, 0.3) is 28.1 Å². The molecule has 0 spiro atoms. The molecule has 11 nitrogen and oxygen atoms in total. The van der Waals surface area contributed by atoms with Crippen LogP contribution < -0.4 is 5.56 Å². The Balaban J connectivity index is 1.07. The lowest BCUT2D eigenvalue weighted by molar-refractivity contribution is 0.0197. The molecule has 2 aliphatic rings. The predicted octanol–water partition coefficient (Wildman–Crippen LogP) is 4.16. The highest BCUT2D eigenvalue weighted by Crippen LogP contribution is 2.35. The summed E-state index contributed by atoms with van der Waals surface area (Å²) in [5.74, 6) is 0.384. The number of H-pyrrole nitrogens is 2. The summed E-state index contributed by atoms with van der Waals surface area (Å²) in [6, 6.07) is 10.9. The van der Waals surface area contributed by atoms with E-state index in [9.17, 15) is 9.59 Å². The number of thiophene rings is 1. The standard InChI is InChI=1S/C29H28ClN7O4S/c30-20-1-3-24(36-17-32-34-36)22(14-20)18-11-21-2-4-25(37(21)27(38)13-18)28-31-15-23(33-28)19-12-26(42-16-19)29(39)41-10-7-35-5-8-40-9-6-35/h1,3,11-17,25,34H,2,4-10H2,(H,31,33)/t25-/m0/s1. The SMILES string of the molecule is O=C(OCCN1CCOCC1)c1cc(-c2cnc([C@@H]3CCc4cc(-c5cc(Cl)ccc5-n5cn[nH]5)cc(=O)n43)[nH]2)cs1. The molecule has 2 N–H and O–H groups in total. The van der Waals surface area contributed by atoms with E-state index in [2.05, 4.69) is 25.2 Å². The molecule has 6 heterocycles. The first-order chi connectivity index (χ1) is 20.5. The Bertz CT molecular complexity index is 1790. The fourth-order valence-corrected chi connectivity index (χ4v) is 6.56. The number of nitrogens with zero attached hydrogens (tertiary/aromatic N) is 5. The van der Waals surface area contributed by atoms with Crippen LogP contribution >= 0.6 is 22.9 Å². The van der Waals surface area contributed by atoms with Gasteiger partial charge < -0.3 is 19.0 Å². The van der Waals surface area contributed by atoms with Gasteiger partial charge in [0.2, 0.25) is 0 Å². The summed E-state index contributed by atoms with van der Waals surface area (Å²) < 4.78 is 14.5. The van der Waals surface area contributed by atoms with Crippen molar-refractivity contribution in [1.29, 1.82) is 0 Å². The molecule has 0 bridgehead atoms. The van der Waals surface area contributed by atoms with Gasteiger partial charge in [-0.25, -0.2) is 19.7 Å². The van der Waals surface area contributed by atoms with Gasteiger partial charge >= 0.3 is 5.97 Å². The number of hydrogen-bond donors (Lipinski definition) is 2. The minimum atomic E-state index is -0.327. The second-order valence-electron chi connectivity index (χ2n) is 10.3. The number of hydrogen-bond acceptors (Lipinski definition) is 8. The molecular weight excluding hydrogens is 578 g/mol. The second kappa shape index (κ2) is 11.4. The van der Waals surface area contributed by atoms with Crippen LogP contribution in [0.3, 0.4) is 0 Å². The van der Waals surface area contributed by atoms with Crippen molar-refractivity contribution in [3.63, 3.8) is 0 Å². The van der Waals surface area contributed by atoms with E-state index in [1.54, 1.807) is 23.3 Å². The Morgan fingerprint density at radius 3 is 2.83 bits per heavy atom. The fourth-order valence-electron chi connectivity index (χ4n) is 5.59. The number of aryl methyl sites for hydroxylation is 1. The largest absolute Gasteiger partial charge is 0.460 e. The first-order valence-electron chi connectivity index (χ1n) is 13.8. The number of fused-ring (bicyclic) bond motifs is 1. The molecule has 42 heavy (non-hydrogen) atoms. The molecule has 5 aromatic rings. The third-order valence-corrected chi connectivity index (χ3v) is 8.91. The maximum absolute atomic E-state index is 13.5. The molecule has 4 aromatic heterocycles. The molecule has 0 aliphatic carbocycles. The van der Waals surface area contributed by atoms with Gasteiger partial charge in [0.05, 0.1) is 36.8 Å². The number of aromatic amines is 2. The number of aromatic nitrogens is 6. The van der Waals surface area contributed by atoms with Gasteiger partial charge in [-0.1, -0.05) is 11.6 Å². The summed E-state index contributed by atoms with van der Waals surface area (Å²) in [5.41, 5.74) is 4.99. The van der Waals surface area contributed by atoms with E-state index in [4.69, 9.17) is 21.1 Å². The van der Waals surface area contributed by atoms with Crippen molar-refractivity contribution < 1.29 is 14.3 Å². The van der Waals surface area contributed by atoms with Gasteiger partial charge in [-0.15, -0.1) is 16.4 Å². The molecule has 13 heteroatoms. The molecule has 1 saturated heterocycles. The first kappa shape index (κ1) is 26.9. The Morgan fingerprint density at radius 2 is 2.02 bits per heavy atom. The molecule has 1 fully saturated rings. The molecule has 7 rings (SSSR count). The average Bonchev–Trinajstić information content (AvgIpc) is 3.73. The third kappa shape index (κ3) is 5.22. The van der Waals surface area contributed by atoms with Crippen molar-refractivity contribution >= 4 is 28.9 Å². The third-order valence-electron chi connectivity index (χ3n) is 7.77. The summed E-state index contributed by atoms with van der Waals surface area (Å²) in [4.78, 5) is 36.8. The number of pyridine rings is 1. The molecule has 1 aromatic carbocycles. The van der Waals surface area contributed by atoms with Gasteiger partial charge in [0, 0.05) is 52.9 Å². The van der Waals surface area contributed by atoms with Crippen LogP contribution in [0.1, 0.15) is 33.7 Å². The topological polar surface area (TPSA) is 123 Å². The van der Waals surface area contributed by atoms with Gasteiger partial charge in [0.25, 0.3) is 5.56 Å². The number of rotatable bonds is 8. The normalized spacial score (nSPS) is 17.0. The minimum absolute atomic E-state index is 0.100. The van der Waals surface area contributed by atoms with Crippen molar-refractivity contribution in [2.75, 3.05) is 39.5 Å². The number of carbonyl (C=O) groups is 1. The van der Waals surface area contributed by atoms with Crippen molar-refractivity contribution in [2.45, 2.75) is 18.9 Å². The van der Waals surface area contributed by atoms with Crippen LogP contribution in [0.5, 0.6) is 0 Å². The highest BCUT2D eigenvalue weighted by atomic mass is 35.5. The smallest absolute Gasteiger partial charge is 0.348 e. The van der Waals surface area contributed by atoms with E-state index in [-0.39, 0.29) is 17.6 Å². The van der Waals surface area contributed by atoms with E-state index >= 15 is 0 Å². The molecule has 0 saturated carbocycles. The van der Waals surface area contributed by atoms with E-state index < -0.39 is 0 Å². The predicted molar refractivity (Wildman–Crippen MR) is 159 cm³/mol. The van der Waals surface area contributed by atoms with E-state index in [1.165, 1.54) is 11.3 Å². The Hall–Kier alpha value is -3.97. The number of carbonyl (C=O) groups excluding carboxylic acids is 1. The molecule has 216 valence electrons. The van der Waals surface area contributed by atoms with E-state index in [0.717, 1.165) is 59.7 Å². The fraction of sp³-hybridized carbons (Fsp3) is 0.310. The van der Waals surface area contributed by atoms with Crippen LogP contribution in [0.2, 0.25) is 5.02 Å². The van der Waals surface area contributed by atoms with Gasteiger partial charge in [-0.3, -0.25) is 9.69 Å². The van der Waals surface area contributed by atoms with Crippen molar-refractivity contribution in [2.24, 2.45) is 0 Å². The zero-order chi connectivity index (χ0) is 28.6. The highest BCUT2D eigenvalue weighted by Gasteiger charge is 2.28. The molecule has 0 amide bonds.